The lowest BCUT2D eigenvalue weighted by Gasteiger charge is -2.14. The summed E-state index contributed by atoms with van der Waals surface area (Å²) in [5.74, 6) is 0. The Hall–Kier alpha value is -3.07. The fourth-order valence-corrected chi connectivity index (χ4v) is 3.24. The van der Waals surface area contributed by atoms with Crippen LogP contribution in [0.25, 0.3) is 32.8 Å². The lowest BCUT2D eigenvalue weighted by molar-refractivity contribution is 1.43. The molecule has 23 heavy (non-hydrogen) atoms. The molecule has 0 bridgehead atoms. The Morgan fingerprint density at radius 1 is 0.826 bits per heavy atom. The van der Waals surface area contributed by atoms with Gasteiger partial charge in [0.15, 0.2) is 0 Å². The standard InChI is InChI=1S/C20H17N3/c1-12-15(13-5-3-2-4-6-13)8-7-14-11-23-17-10-9-16(21)20(22)19(17)18(12)14/h2-11H,21-22H2,1H3. The van der Waals surface area contributed by atoms with E-state index in [-0.39, 0.29) is 0 Å². The first-order valence-electron chi connectivity index (χ1n) is 7.58. The molecule has 0 saturated carbocycles. The second kappa shape index (κ2) is 4.99. The van der Waals surface area contributed by atoms with Gasteiger partial charge in [-0.05, 0) is 41.1 Å². The Kier molecular flexibility index (Phi) is 2.95. The van der Waals surface area contributed by atoms with Crippen LogP contribution in [0.5, 0.6) is 0 Å². The molecular formula is C20H17N3. The highest BCUT2D eigenvalue weighted by Gasteiger charge is 2.12. The van der Waals surface area contributed by atoms with E-state index in [2.05, 4.69) is 48.3 Å². The third-order valence-electron chi connectivity index (χ3n) is 4.43. The molecule has 1 aromatic heterocycles. The van der Waals surface area contributed by atoms with Crippen molar-refractivity contribution in [1.82, 2.24) is 4.98 Å². The fraction of sp³-hybridized carbons (Fsp3) is 0.0500. The largest absolute Gasteiger partial charge is 0.397 e. The van der Waals surface area contributed by atoms with E-state index in [4.69, 9.17) is 11.5 Å². The molecular weight excluding hydrogens is 282 g/mol. The normalized spacial score (nSPS) is 11.2. The highest BCUT2D eigenvalue weighted by atomic mass is 14.7. The van der Waals surface area contributed by atoms with E-state index in [9.17, 15) is 0 Å². The van der Waals surface area contributed by atoms with Gasteiger partial charge in [-0.1, -0.05) is 42.5 Å². The lowest BCUT2D eigenvalue weighted by atomic mass is 9.93. The number of nitrogens with two attached hydrogens (primary N) is 2. The number of nitrogens with zero attached hydrogens (tertiary/aromatic N) is 1. The van der Waals surface area contributed by atoms with E-state index >= 15 is 0 Å². The molecule has 0 spiro atoms. The third kappa shape index (κ3) is 2.01. The Labute approximate surface area is 134 Å². The summed E-state index contributed by atoms with van der Waals surface area (Å²) in [4.78, 5) is 4.52. The Morgan fingerprint density at radius 3 is 2.39 bits per heavy atom. The van der Waals surface area contributed by atoms with Crippen molar-refractivity contribution in [1.29, 1.82) is 0 Å². The number of hydrogen-bond acceptors (Lipinski definition) is 3. The second-order valence-electron chi connectivity index (χ2n) is 5.79. The first kappa shape index (κ1) is 13.6. The van der Waals surface area contributed by atoms with E-state index in [0.29, 0.717) is 11.4 Å². The molecule has 0 aliphatic heterocycles. The molecule has 3 heteroatoms. The van der Waals surface area contributed by atoms with Crippen molar-refractivity contribution >= 4 is 33.1 Å². The number of benzene rings is 3. The van der Waals surface area contributed by atoms with E-state index in [1.54, 1.807) is 0 Å². The zero-order valence-electron chi connectivity index (χ0n) is 12.9. The predicted molar refractivity (Wildman–Crippen MR) is 98.2 cm³/mol. The van der Waals surface area contributed by atoms with Gasteiger partial charge in [-0.3, -0.25) is 4.98 Å². The van der Waals surface area contributed by atoms with Gasteiger partial charge >= 0.3 is 0 Å². The maximum absolute atomic E-state index is 6.28. The molecule has 3 nitrogen and oxygen atoms in total. The van der Waals surface area contributed by atoms with Crippen LogP contribution >= 0.6 is 0 Å². The molecule has 4 aromatic rings. The quantitative estimate of drug-likeness (QED) is 0.401. The van der Waals surface area contributed by atoms with Gasteiger partial charge in [0.05, 0.1) is 16.9 Å². The van der Waals surface area contributed by atoms with Crippen LogP contribution in [-0.4, -0.2) is 4.98 Å². The van der Waals surface area contributed by atoms with Crippen LogP contribution < -0.4 is 11.5 Å². The highest BCUT2D eigenvalue weighted by Crippen LogP contribution is 2.37. The van der Waals surface area contributed by atoms with E-state index in [1.807, 2.05) is 24.4 Å². The van der Waals surface area contributed by atoms with Crippen molar-refractivity contribution < 1.29 is 0 Å². The van der Waals surface area contributed by atoms with Gasteiger partial charge in [0, 0.05) is 17.0 Å². The van der Waals surface area contributed by atoms with Crippen molar-refractivity contribution in [3.8, 4) is 11.1 Å². The van der Waals surface area contributed by atoms with E-state index in [0.717, 1.165) is 21.7 Å². The summed E-state index contributed by atoms with van der Waals surface area (Å²) in [6, 6.07) is 18.3. The van der Waals surface area contributed by atoms with E-state index < -0.39 is 0 Å². The zero-order chi connectivity index (χ0) is 16.0. The summed E-state index contributed by atoms with van der Waals surface area (Å²) in [5.41, 5.74) is 18.0. The molecule has 4 rings (SSSR count). The Bertz CT molecular complexity index is 1040. The number of aryl methyl sites for hydroxylation is 1. The summed E-state index contributed by atoms with van der Waals surface area (Å²) in [5, 5.41) is 3.14. The summed E-state index contributed by atoms with van der Waals surface area (Å²) < 4.78 is 0. The minimum Gasteiger partial charge on any atom is -0.397 e. The average Bonchev–Trinajstić information content (AvgIpc) is 2.59. The molecule has 0 unspecified atom stereocenters. The molecule has 0 saturated heterocycles. The van der Waals surface area contributed by atoms with Crippen LogP contribution in [0.3, 0.4) is 0 Å². The van der Waals surface area contributed by atoms with Crippen LogP contribution in [0.2, 0.25) is 0 Å². The van der Waals surface area contributed by atoms with Gasteiger partial charge in [-0.25, -0.2) is 0 Å². The van der Waals surface area contributed by atoms with Crippen molar-refractivity contribution in [2.75, 3.05) is 11.5 Å². The van der Waals surface area contributed by atoms with Gasteiger partial charge < -0.3 is 11.5 Å². The van der Waals surface area contributed by atoms with Crippen molar-refractivity contribution in [2.24, 2.45) is 0 Å². The molecule has 4 N–H and O–H groups in total. The molecule has 0 fully saturated rings. The van der Waals surface area contributed by atoms with Crippen molar-refractivity contribution in [3.05, 3.63) is 66.4 Å². The van der Waals surface area contributed by atoms with Crippen LogP contribution in [0.15, 0.2) is 60.8 Å². The smallest absolute Gasteiger partial charge is 0.0730 e. The summed E-state index contributed by atoms with van der Waals surface area (Å²) in [7, 11) is 0. The van der Waals surface area contributed by atoms with Crippen LogP contribution in [0.1, 0.15) is 5.56 Å². The van der Waals surface area contributed by atoms with Crippen LogP contribution in [-0.2, 0) is 0 Å². The summed E-state index contributed by atoms with van der Waals surface area (Å²) in [6.07, 6.45) is 1.90. The number of rotatable bonds is 1. The first-order chi connectivity index (χ1) is 11.2. The maximum Gasteiger partial charge on any atom is 0.0730 e. The third-order valence-corrected chi connectivity index (χ3v) is 4.43. The van der Waals surface area contributed by atoms with Crippen LogP contribution in [0.4, 0.5) is 11.4 Å². The summed E-state index contributed by atoms with van der Waals surface area (Å²) >= 11 is 0. The summed E-state index contributed by atoms with van der Waals surface area (Å²) in [6.45, 7) is 2.13. The van der Waals surface area contributed by atoms with Gasteiger partial charge in [-0.2, -0.15) is 0 Å². The lowest BCUT2D eigenvalue weighted by Crippen LogP contribution is -1.98. The topological polar surface area (TPSA) is 64.9 Å². The van der Waals surface area contributed by atoms with Crippen LogP contribution in [0, 0.1) is 6.92 Å². The fourth-order valence-electron chi connectivity index (χ4n) is 3.24. The average molecular weight is 299 g/mol. The molecule has 0 radical (unpaired) electrons. The molecule has 0 aliphatic rings. The number of fused-ring (bicyclic) bond motifs is 3. The molecule has 0 atom stereocenters. The molecule has 1 heterocycles. The minimum absolute atomic E-state index is 0.594. The van der Waals surface area contributed by atoms with Gasteiger partial charge in [0.1, 0.15) is 0 Å². The molecule has 0 amide bonds. The number of pyridine rings is 1. The SMILES string of the molecule is Cc1c(-c2ccccc2)ccc2cnc3ccc(N)c(N)c3c12. The predicted octanol–water partition coefficient (Wildman–Crippen LogP) is 4.53. The highest BCUT2D eigenvalue weighted by molar-refractivity contribution is 6.16. The molecule has 112 valence electrons. The number of hydrogen-bond donors (Lipinski definition) is 2. The van der Waals surface area contributed by atoms with Gasteiger partial charge in [0.25, 0.3) is 0 Å². The second-order valence-corrected chi connectivity index (χ2v) is 5.79. The maximum atomic E-state index is 6.28. The van der Waals surface area contributed by atoms with Gasteiger partial charge in [0.2, 0.25) is 0 Å². The number of anilines is 2. The zero-order valence-corrected chi connectivity index (χ0v) is 12.9. The Balaban J connectivity index is 2.17. The van der Waals surface area contributed by atoms with Gasteiger partial charge in [-0.15, -0.1) is 0 Å². The number of nitrogen functional groups attached to an aromatic ring is 2. The number of aromatic nitrogens is 1. The molecule has 0 aliphatic carbocycles. The minimum atomic E-state index is 0.594. The van der Waals surface area contributed by atoms with Crippen molar-refractivity contribution in [2.45, 2.75) is 6.92 Å². The molecule has 3 aromatic carbocycles. The monoisotopic (exact) mass is 299 g/mol. The Morgan fingerprint density at radius 2 is 1.61 bits per heavy atom. The first-order valence-corrected chi connectivity index (χ1v) is 7.58. The van der Waals surface area contributed by atoms with E-state index in [1.165, 1.54) is 16.7 Å². The van der Waals surface area contributed by atoms with Crippen molar-refractivity contribution in [3.63, 3.8) is 0 Å².